The fourth-order valence-corrected chi connectivity index (χ4v) is 3.94. The van der Waals surface area contributed by atoms with Crippen molar-refractivity contribution >= 4 is 27.3 Å². The lowest BCUT2D eigenvalue weighted by atomic mass is 9.86. The number of para-hydroxylation sites is 1. The number of sulfonamides is 1. The molecular formula is C18H22N4O3S. The molecule has 0 radical (unpaired) electrons. The minimum Gasteiger partial charge on any atom is -0.371 e. The molecule has 1 amide bonds. The van der Waals surface area contributed by atoms with Crippen LogP contribution in [0, 0.1) is 0 Å². The molecule has 7 nitrogen and oxygen atoms in total. The van der Waals surface area contributed by atoms with Gasteiger partial charge in [-0.25, -0.2) is 12.7 Å². The van der Waals surface area contributed by atoms with Crippen molar-refractivity contribution in [1.82, 2.24) is 9.29 Å². The third-order valence-corrected chi connectivity index (χ3v) is 5.86. The number of piperidine rings is 1. The monoisotopic (exact) mass is 374 g/mol. The first kappa shape index (κ1) is 18.3. The Morgan fingerprint density at radius 3 is 2.31 bits per heavy atom. The molecule has 3 rings (SSSR count). The van der Waals surface area contributed by atoms with Crippen molar-refractivity contribution in [2.24, 2.45) is 0 Å². The molecule has 0 bridgehead atoms. The van der Waals surface area contributed by atoms with Gasteiger partial charge in [-0.2, -0.15) is 0 Å². The second-order valence-corrected chi connectivity index (χ2v) is 8.41. The van der Waals surface area contributed by atoms with Gasteiger partial charge in [-0.05, 0) is 37.1 Å². The summed E-state index contributed by atoms with van der Waals surface area (Å²) in [5.41, 5.74) is 0.539. The first-order valence-electron chi connectivity index (χ1n) is 8.39. The summed E-state index contributed by atoms with van der Waals surface area (Å²) in [6.07, 6.45) is 5.17. The molecule has 1 aromatic carbocycles. The number of rotatable bonds is 5. The molecule has 26 heavy (non-hydrogen) atoms. The highest BCUT2D eigenvalue weighted by Crippen LogP contribution is 2.29. The van der Waals surface area contributed by atoms with E-state index in [1.807, 2.05) is 30.3 Å². The Bertz CT molecular complexity index is 849. The van der Waals surface area contributed by atoms with Crippen LogP contribution in [0.15, 0.2) is 54.9 Å². The van der Waals surface area contributed by atoms with E-state index in [0.717, 1.165) is 5.69 Å². The maximum absolute atomic E-state index is 13.1. The van der Waals surface area contributed by atoms with Crippen LogP contribution in [-0.2, 0) is 14.8 Å². The van der Waals surface area contributed by atoms with Crippen LogP contribution in [0.5, 0.6) is 0 Å². The molecule has 0 saturated carbocycles. The second kappa shape index (κ2) is 7.43. The average Bonchev–Trinajstić information content (AvgIpc) is 2.63. The van der Waals surface area contributed by atoms with Crippen LogP contribution < -0.4 is 10.6 Å². The predicted molar refractivity (Wildman–Crippen MR) is 101 cm³/mol. The van der Waals surface area contributed by atoms with Gasteiger partial charge in [-0.1, -0.05) is 18.2 Å². The van der Waals surface area contributed by atoms with Gasteiger partial charge in [0.25, 0.3) is 0 Å². The molecule has 0 atom stereocenters. The molecule has 0 unspecified atom stereocenters. The van der Waals surface area contributed by atoms with Gasteiger partial charge < -0.3 is 10.6 Å². The summed E-state index contributed by atoms with van der Waals surface area (Å²) in [4.78, 5) is 17.1. The Morgan fingerprint density at radius 2 is 1.73 bits per heavy atom. The van der Waals surface area contributed by atoms with Crippen LogP contribution in [0.3, 0.4) is 0 Å². The summed E-state index contributed by atoms with van der Waals surface area (Å²) in [5.74, 6) is -0.192. The Kier molecular flexibility index (Phi) is 5.24. The summed E-state index contributed by atoms with van der Waals surface area (Å²) in [6, 6.07) is 13.0. The number of nitrogens with one attached hydrogen (secondary N) is 2. The van der Waals surface area contributed by atoms with Gasteiger partial charge in [0.05, 0.1) is 18.1 Å². The highest BCUT2D eigenvalue weighted by atomic mass is 32.2. The molecule has 8 heteroatoms. The van der Waals surface area contributed by atoms with Crippen molar-refractivity contribution < 1.29 is 13.2 Å². The largest absolute Gasteiger partial charge is 0.371 e. The number of amides is 1. The number of carbonyl (C=O) groups is 1. The van der Waals surface area contributed by atoms with E-state index in [2.05, 4.69) is 15.6 Å². The molecule has 1 aliphatic rings. The fraction of sp³-hybridized carbons (Fsp3) is 0.333. The Morgan fingerprint density at radius 1 is 1.08 bits per heavy atom. The highest BCUT2D eigenvalue weighted by Gasteiger charge is 2.43. The van der Waals surface area contributed by atoms with Crippen LogP contribution >= 0.6 is 0 Å². The van der Waals surface area contributed by atoms with Crippen molar-refractivity contribution in [1.29, 1.82) is 0 Å². The van der Waals surface area contributed by atoms with E-state index in [1.54, 1.807) is 24.5 Å². The maximum atomic E-state index is 13.1. The first-order chi connectivity index (χ1) is 12.4. The summed E-state index contributed by atoms with van der Waals surface area (Å²) in [7, 11) is -3.27. The molecule has 1 saturated heterocycles. The van der Waals surface area contributed by atoms with Gasteiger partial charge in [-0.3, -0.25) is 9.78 Å². The van der Waals surface area contributed by atoms with E-state index in [-0.39, 0.29) is 5.91 Å². The number of hydrogen-bond donors (Lipinski definition) is 2. The SMILES string of the molecule is CS(=O)(=O)N1CCC(Nc2ccccc2)(C(=O)Nc2cccnc2)CC1. The van der Waals surface area contributed by atoms with Crippen molar-refractivity contribution in [2.75, 3.05) is 30.0 Å². The van der Waals surface area contributed by atoms with Crippen LogP contribution in [0.25, 0.3) is 0 Å². The van der Waals surface area contributed by atoms with Gasteiger partial charge in [0, 0.05) is 25.0 Å². The minimum atomic E-state index is -3.27. The molecule has 138 valence electrons. The predicted octanol–water partition coefficient (Wildman–Crippen LogP) is 1.93. The lowest BCUT2D eigenvalue weighted by molar-refractivity contribution is -0.121. The smallest absolute Gasteiger partial charge is 0.250 e. The van der Waals surface area contributed by atoms with Gasteiger partial charge in [0.2, 0.25) is 15.9 Å². The van der Waals surface area contributed by atoms with Crippen LogP contribution in [0.2, 0.25) is 0 Å². The van der Waals surface area contributed by atoms with Crippen molar-refractivity contribution in [3.8, 4) is 0 Å². The number of nitrogens with zero attached hydrogens (tertiary/aromatic N) is 2. The Labute approximate surface area is 153 Å². The second-order valence-electron chi connectivity index (χ2n) is 6.43. The fourth-order valence-electron chi connectivity index (χ4n) is 3.09. The summed E-state index contributed by atoms with van der Waals surface area (Å²) >= 11 is 0. The zero-order valence-corrected chi connectivity index (χ0v) is 15.4. The molecule has 2 aromatic rings. The number of carbonyl (C=O) groups excluding carboxylic acids is 1. The molecule has 0 aliphatic carbocycles. The van der Waals surface area contributed by atoms with Gasteiger partial charge >= 0.3 is 0 Å². The molecule has 0 spiro atoms. The third kappa shape index (κ3) is 4.20. The lowest BCUT2D eigenvalue weighted by Gasteiger charge is -2.40. The average molecular weight is 374 g/mol. The molecule has 2 heterocycles. The number of benzene rings is 1. The van der Waals surface area contributed by atoms with Crippen LogP contribution in [-0.4, -0.2) is 48.5 Å². The van der Waals surface area contributed by atoms with E-state index >= 15 is 0 Å². The van der Waals surface area contributed by atoms with Gasteiger partial charge in [0.1, 0.15) is 5.54 Å². The number of hydrogen-bond acceptors (Lipinski definition) is 5. The van der Waals surface area contributed by atoms with E-state index in [4.69, 9.17) is 0 Å². The molecule has 2 N–H and O–H groups in total. The number of aromatic nitrogens is 1. The quantitative estimate of drug-likeness (QED) is 0.834. The summed E-state index contributed by atoms with van der Waals surface area (Å²) < 4.78 is 25.0. The molecule has 1 fully saturated rings. The van der Waals surface area contributed by atoms with Gasteiger partial charge in [-0.15, -0.1) is 0 Å². The van der Waals surface area contributed by atoms with E-state index in [0.29, 0.717) is 31.6 Å². The van der Waals surface area contributed by atoms with Crippen LogP contribution in [0.4, 0.5) is 11.4 Å². The van der Waals surface area contributed by atoms with E-state index in [9.17, 15) is 13.2 Å². The van der Waals surface area contributed by atoms with E-state index in [1.165, 1.54) is 10.6 Å². The standard InChI is InChI=1S/C18H22N4O3S/c1-26(24,25)22-12-9-18(10-13-22,21-15-6-3-2-4-7-15)17(23)20-16-8-5-11-19-14-16/h2-8,11,14,21H,9-10,12-13H2,1H3,(H,20,23). The number of anilines is 2. The van der Waals surface area contributed by atoms with Crippen molar-refractivity contribution in [3.63, 3.8) is 0 Å². The van der Waals surface area contributed by atoms with Crippen molar-refractivity contribution in [3.05, 3.63) is 54.9 Å². The number of pyridine rings is 1. The summed E-state index contributed by atoms with van der Waals surface area (Å²) in [6.45, 7) is 0.582. The Balaban J connectivity index is 1.83. The molecular weight excluding hydrogens is 352 g/mol. The highest BCUT2D eigenvalue weighted by molar-refractivity contribution is 7.88. The summed E-state index contributed by atoms with van der Waals surface area (Å²) in [5, 5.41) is 6.23. The van der Waals surface area contributed by atoms with Crippen molar-refractivity contribution in [2.45, 2.75) is 18.4 Å². The molecule has 1 aliphatic heterocycles. The zero-order chi connectivity index (χ0) is 18.6. The topological polar surface area (TPSA) is 91.4 Å². The van der Waals surface area contributed by atoms with Gasteiger partial charge in [0.15, 0.2) is 0 Å². The third-order valence-electron chi connectivity index (χ3n) is 4.56. The lowest BCUT2D eigenvalue weighted by Crippen LogP contribution is -2.57. The zero-order valence-electron chi connectivity index (χ0n) is 14.6. The normalized spacial score (nSPS) is 17.4. The Hall–Kier alpha value is -2.45. The van der Waals surface area contributed by atoms with E-state index < -0.39 is 15.6 Å². The first-order valence-corrected chi connectivity index (χ1v) is 10.2. The minimum absolute atomic E-state index is 0.192. The van der Waals surface area contributed by atoms with Crippen LogP contribution in [0.1, 0.15) is 12.8 Å². The maximum Gasteiger partial charge on any atom is 0.250 e. The molecule has 1 aromatic heterocycles.